The number of nitrogens with one attached hydrogen (secondary N) is 1. The van der Waals surface area contributed by atoms with Crippen molar-refractivity contribution in [3.8, 4) is 0 Å². The fourth-order valence-electron chi connectivity index (χ4n) is 3.26. The Morgan fingerprint density at radius 2 is 1.96 bits per heavy atom. The van der Waals surface area contributed by atoms with Gasteiger partial charge in [-0.2, -0.15) is 0 Å². The summed E-state index contributed by atoms with van der Waals surface area (Å²) >= 11 is 1.30. The Kier molecular flexibility index (Phi) is 6.36. The third-order valence-corrected chi connectivity index (χ3v) is 8.21. The third kappa shape index (κ3) is 4.53. The van der Waals surface area contributed by atoms with Crippen LogP contribution in [0.1, 0.15) is 35.0 Å². The van der Waals surface area contributed by atoms with Gasteiger partial charge in [-0.1, -0.05) is 6.92 Å². The largest absolute Gasteiger partial charge is 0.338 e. The number of pyridine rings is 1. The summed E-state index contributed by atoms with van der Waals surface area (Å²) in [5.74, 6) is -0.0889. The van der Waals surface area contributed by atoms with E-state index >= 15 is 0 Å². The van der Waals surface area contributed by atoms with E-state index in [9.17, 15) is 18.0 Å². The van der Waals surface area contributed by atoms with Gasteiger partial charge in [0.15, 0.2) is 0 Å². The molecule has 1 saturated heterocycles. The van der Waals surface area contributed by atoms with Crippen molar-refractivity contribution in [2.24, 2.45) is 13.0 Å². The van der Waals surface area contributed by atoms with Crippen LogP contribution in [-0.2, 0) is 23.5 Å². The SMILES string of the molecule is CCc1ccc(S(=O)(=O)NCC2CCN(C(=O)c3cccn(C)c3=O)CC2)s1. The fraction of sp³-hybridized carbons (Fsp3) is 0.474. The number of aromatic nitrogens is 1. The van der Waals surface area contributed by atoms with E-state index in [2.05, 4.69) is 4.72 Å². The summed E-state index contributed by atoms with van der Waals surface area (Å²) in [4.78, 5) is 27.5. The first kappa shape index (κ1) is 20.8. The molecule has 0 radical (unpaired) electrons. The number of hydrogen-bond acceptors (Lipinski definition) is 5. The van der Waals surface area contributed by atoms with E-state index in [0.29, 0.717) is 36.7 Å². The van der Waals surface area contributed by atoms with Crippen molar-refractivity contribution in [2.45, 2.75) is 30.4 Å². The van der Waals surface area contributed by atoms with E-state index in [4.69, 9.17) is 0 Å². The molecule has 1 fully saturated rings. The number of carbonyl (C=O) groups is 1. The van der Waals surface area contributed by atoms with Gasteiger partial charge < -0.3 is 9.47 Å². The summed E-state index contributed by atoms with van der Waals surface area (Å²) in [5.41, 5.74) is -0.127. The van der Waals surface area contributed by atoms with E-state index in [1.807, 2.05) is 13.0 Å². The van der Waals surface area contributed by atoms with Crippen LogP contribution in [-0.4, -0.2) is 43.4 Å². The highest BCUT2D eigenvalue weighted by molar-refractivity contribution is 7.91. The first-order valence-corrected chi connectivity index (χ1v) is 11.6. The lowest BCUT2D eigenvalue weighted by Gasteiger charge is -2.32. The van der Waals surface area contributed by atoms with Crippen molar-refractivity contribution < 1.29 is 13.2 Å². The molecule has 1 N–H and O–H groups in total. The van der Waals surface area contributed by atoms with Crippen molar-refractivity contribution in [1.82, 2.24) is 14.2 Å². The number of likely N-dealkylation sites (tertiary alicyclic amines) is 1. The van der Waals surface area contributed by atoms with Crippen LogP contribution in [0.25, 0.3) is 0 Å². The molecule has 0 aromatic carbocycles. The highest BCUT2D eigenvalue weighted by Gasteiger charge is 2.26. The van der Waals surface area contributed by atoms with Gasteiger partial charge in [-0.05, 0) is 49.4 Å². The molecule has 0 bridgehead atoms. The predicted molar refractivity (Wildman–Crippen MR) is 109 cm³/mol. The number of nitrogens with zero attached hydrogens (tertiary/aromatic N) is 2. The van der Waals surface area contributed by atoms with Gasteiger partial charge in [0.25, 0.3) is 11.5 Å². The van der Waals surface area contributed by atoms with Crippen LogP contribution in [0.2, 0.25) is 0 Å². The van der Waals surface area contributed by atoms with Crippen LogP contribution in [0.3, 0.4) is 0 Å². The molecule has 1 aliphatic heterocycles. The molecule has 3 rings (SSSR count). The normalized spacial score (nSPS) is 15.7. The van der Waals surface area contributed by atoms with Crippen LogP contribution in [0, 0.1) is 5.92 Å². The first-order valence-electron chi connectivity index (χ1n) is 9.35. The number of aryl methyl sites for hydroxylation is 2. The molecule has 0 atom stereocenters. The molecule has 2 aromatic heterocycles. The lowest BCUT2D eigenvalue weighted by Crippen LogP contribution is -2.43. The van der Waals surface area contributed by atoms with Crippen LogP contribution in [0.5, 0.6) is 0 Å². The van der Waals surface area contributed by atoms with Gasteiger partial charge in [0.05, 0.1) is 0 Å². The van der Waals surface area contributed by atoms with Crippen molar-refractivity contribution in [2.75, 3.05) is 19.6 Å². The van der Waals surface area contributed by atoms with Gasteiger partial charge in [-0.25, -0.2) is 13.1 Å². The average Bonchev–Trinajstić information content (AvgIpc) is 3.19. The molecule has 1 amide bonds. The number of sulfonamides is 1. The maximum absolute atomic E-state index is 12.6. The van der Waals surface area contributed by atoms with Gasteiger partial charge in [-0.3, -0.25) is 9.59 Å². The minimum absolute atomic E-state index is 0.169. The Morgan fingerprint density at radius 1 is 1.25 bits per heavy atom. The molecule has 0 saturated carbocycles. The Hall–Kier alpha value is -1.97. The minimum atomic E-state index is -3.49. The topological polar surface area (TPSA) is 88.5 Å². The van der Waals surface area contributed by atoms with Gasteiger partial charge in [0.1, 0.15) is 9.77 Å². The van der Waals surface area contributed by atoms with Gasteiger partial charge in [0, 0.05) is 37.8 Å². The lowest BCUT2D eigenvalue weighted by atomic mass is 9.97. The van der Waals surface area contributed by atoms with Crippen molar-refractivity contribution in [1.29, 1.82) is 0 Å². The lowest BCUT2D eigenvalue weighted by molar-refractivity contribution is 0.0689. The molecule has 7 nitrogen and oxygen atoms in total. The summed E-state index contributed by atoms with van der Waals surface area (Å²) in [7, 11) is -1.87. The zero-order chi connectivity index (χ0) is 20.3. The quantitative estimate of drug-likeness (QED) is 0.768. The Morgan fingerprint density at radius 3 is 2.61 bits per heavy atom. The summed E-state index contributed by atoms with van der Waals surface area (Å²) in [5, 5.41) is 0. The number of piperidine rings is 1. The van der Waals surface area contributed by atoms with E-state index in [0.717, 1.165) is 11.3 Å². The van der Waals surface area contributed by atoms with Crippen molar-refractivity contribution >= 4 is 27.3 Å². The smallest absolute Gasteiger partial charge is 0.263 e. The van der Waals surface area contributed by atoms with E-state index in [-0.39, 0.29) is 22.9 Å². The van der Waals surface area contributed by atoms with Crippen LogP contribution in [0.4, 0.5) is 0 Å². The molecular formula is C19H25N3O4S2. The van der Waals surface area contributed by atoms with E-state index < -0.39 is 10.0 Å². The highest BCUT2D eigenvalue weighted by Crippen LogP contribution is 2.23. The maximum Gasteiger partial charge on any atom is 0.263 e. The molecule has 3 heterocycles. The zero-order valence-electron chi connectivity index (χ0n) is 16.1. The molecular weight excluding hydrogens is 398 g/mol. The second kappa shape index (κ2) is 8.59. The molecule has 1 aliphatic rings. The minimum Gasteiger partial charge on any atom is -0.338 e. The average molecular weight is 424 g/mol. The number of thiophene rings is 1. The van der Waals surface area contributed by atoms with Crippen LogP contribution < -0.4 is 10.3 Å². The van der Waals surface area contributed by atoms with Crippen molar-refractivity contribution in [3.63, 3.8) is 0 Å². The first-order chi connectivity index (χ1) is 13.3. The summed E-state index contributed by atoms with van der Waals surface area (Å²) in [6.07, 6.45) is 3.84. The molecule has 0 unspecified atom stereocenters. The van der Waals surface area contributed by atoms with Gasteiger partial charge >= 0.3 is 0 Å². The van der Waals surface area contributed by atoms with E-state index in [1.165, 1.54) is 15.9 Å². The standard InChI is InChI=1S/C19H25N3O4S2/c1-3-15-6-7-17(27-15)28(25,26)20-13-14-8-11-22(12-9-14)19(24)16-5-4-10-21(2)18(16)23/h4-7,10,14,20H,3,8-9,11-13H2,1-2H3. The summed E-state index contributed by atoms with van der Waals surface area (Å²) in [6.45, 7) is 3.39. The summed E-state index contributed by atoms with van der Waals surface area (Å²) in [6, 6.07) is 6.73. The van der Waals surface area contributed by atoms with E-state index in [1.54, 1.807) is 36.3 Å². The Balaban J connectivity index is 1.55. The van der Waals surface area contributed by atoms with Gasteiger partial charge in [-0.15, -0.1) is 11.3 Å². The fourth-order valence-corrected chi connectivity index (χ4v) is 5.72. The van der Waals surface area contributed by atoms with Crippen LogP contribution in [0.15, 0.2) is 39.5 Å². The Labute approximate surface area is 169 Å². The number of carbonyl (C=O) groups excluding carboxylic acids is 1. The molecule has 9 heteroatoms. The second-order valence-electron chi connectivity index (χ2n) is 7.00. The molecule has 0 spiro atoms. The molecule has 0 aliphatic carbocycles. The monoisotopic (exact) mass is 423 g/mol. The Bertz CT molecular complexity index is 1000. The molecule has 2 aromatic rings. The number of amides is 1. The molecule has 152 valence electrons. The predicted octanol–water partition coefficient (Wildman–Crippen LogP) is 1.84. The van der Waals surface area contributed by atoms with Crippen LogP contribution >= 0.6 is 11.3 Å². The van der Waals surface area contributed by atoms with Gasteiger partial charge in [0.2, 0.25) is 10.0 Å². The third-order valence-electron chi connectivity index (χ3n) is 5.07. The molecule has 28 heavy (non-hydrogen) atoms. The van der Waals surface area contributed by atoms with Crippen molar-refractivity contribution in [3.05, 3.63) is 51.3 Å². The highest BCUT2D eigenvalue weighted by atomic mass is 32.2. The number of rotatable bonds is 6. The maximum atomic E-state index is 12.6. The second-order valence-corrected chi connectivity index (χ2v) is 10.2. The summed E-state index contributed by atoms with van der Waals surface area (Å²) < 4.78 is 29.3. The number of hydrogen-bond donors (Lipinski definition) is 1. The zero-order valence-corrected chi connectivity index (χ0v) is 17.7.